The summed E-state index contributed by atoms with van der Waals surface area (Å²) in [5.41, 5.74) is 6.55. The van der Waals surface area contributed by atoms with E-state index in [1.54, 1.807) is 36.4 Å². The lowest BCUT2D eigenvalue weighted by Gasteiger charge is -2.07. The van der Waals surface area contributed by atoms with Gasteiger partial charge >= 0.3 is 11.8 Å². The highest BCUT2D eigenvalue weighted by Gasteiger charge is 2.13. The van der Waals surface area contributed by atoms with Gasteiger partial charge in [0.1, 0.15) is 5.82 Å². The number of primary amides is 1. The van der Waals surface area contributed by atoms with Crippen molar-refractivity contribution in [1.29, 1.82) is 0 Å². The fraction of sp³-hybridized carbons (Fsp3) is 0. The summed E-state index contributed by atoms with van der Waals surface area (Å²) in [6.45, 7) is 0. The molecule has 0 fully saturated rings. The molecule has 0 saturated heterocycles. The number of carbonyl (C=O) groups excluding carboxylic acids is 2. The van der Waals surface area contributed by atoms with Gasteiger partial charge in [-0.05, 0) is 35.9 Å². The highest BCUT2D eigenvalue weighted by molar-refractivity contribution is 6.39. The fourth-order valence-corrected chi connectivity index (χ4v) is 2.30. The topological polar surface area (TPSA) is 98.0 Å². The molecule has 0 atom stereocenters. The number of fused-ring (bicyclic) bond motifs is 1. The number of hydrogen-bond acceptors (Lipinski definition) is 4. The lowest BCUT2D eigenvalue weighted by Crippen LogP contribution is -2.30. The summed E-state index contributed by atoms with van der Waals surface area (Å²) >= 11 is 5.86. The molecular weight excluding hydrogens is 411 g/mol. The van der Waals surface area contributed by atoms with E-state index in [0.29, 0.717) is 21.7 Å². The van der Waals surface area contributed by atoms with Gasteiger partial charge in [0.15, 0.2) is 5.82 Å². The summed E-state index contributed by atoms with van der Waals surface area (Å²) in [6.07, 6.45) is 3.52. The van der Waals surface area contributed by atoms with E-state index >= 15 is 0 Å². The molecule has 9 heteroatoms. The average molecular weight is 426 g/mol. The molecule has 0 aliphatic carbocycles. The molecule has 0 radical (unpaired) electrons. The second-order valence-electron chi connectivity index (χ2n) is 5.15. The Balaban J connectivity index is 0.00000182. The second-order valence-corrected chi connectivity index (χ2v) is 5.59. The van der Waals surface area contributed by atoms with Crippen LogP contribution in [0.2, 0.25) is 5.02 Å². The molecule has 0 aliphatic rings. The van der Waals surface area contributed by atoms with E-state index in [0.717, 1.165) is 5.56 Å². The second kappa shape index (κ2) is 9.87. The van der Waals surface area contributed by atoms with Crippen molar-refractivity contribution in [3.63, 3.8) is 0 Å². The standard InChI is InChI=1S/C18H13ClN4O2.2ClH/c19-12-8-5-11(6-9-12)7-10-15-21-14-4-2-1-3-13(14)17(22-15)23-18(25)16(20)24;;/h1-10H,(H2,20,24)(H,21,22,23,25);2*1H/b10-7+;;. The molecule has 2 amide bonds. The average Bonchev–Trinajstić information content (AvgIpc) is 2.61. The predicted octanol–water partition coefficient (Wildman–Crippen LogP) is 3.72. The van der Waals surface area contributed by atoms with Crippen LogP contribution in [0.5, 0.6) is 0 Å². The summed E-state index contributed by atoms with van der Waals surface area (Å²) in [6, 6.07) is 14.4. The van der Waals surface area contributed by atoms with Crippen LogP contribution in [-0.2, 0) is 9.59 Å². The first-order valence-corrected chi connectivity index (χ1v) is 7.72. The van der Waals surface area contributed by atoms with Crippen molar-refractivity contribution in [2.24, 2.45) is 5.73 Å². The van der Waals surface area contributed by atoms with Crippen molar-refractivity contribution in [1.82, 2.24) is 9.97 Å². The lowest BCUT2D eigenvalue weighted by molar-refractivity contribution is -0.134. The van der Waals surface area contributed by atoms with Crippen LogP contribution in [0.4, 0.5) is 5.82 Å². The van der Waals surface area contributed by atoms with Crippen molar-refractivity contribution in [2.75, 3.05) is 5.32 Å². The summed E-state index contributed by atoms with van der Waals surface area (Å²) < 4.78 is 0. The van der Waals surface area contributed by atoms with Crippen LogP contribution in [0, 0.1) is 0 Å². The molecule has 3 aromatic rings. The smallest absolute Gasteiger partial charge is 0.314 e. The van der Waals surface area contributed by atoms with Crippen molar-refractivity contribution in [2.45, 2.75) is 0 Å². The Bertz CT molecular complexity index is 992. The van der Waals surface area contributed by atoms with Gasteiger partial charge in [-0.1, -0.05) is 41.9 Å². The van der Waals surface area contributed by atoms with Crippen LogP contribution < -0.4 is 11.1 Å². The maximum atomic E-state index is 11.6. The zero-order valence-corrected chi connectivity index (χ0v) is 16.1. The molecule has 3 rings (SSSR count). The van der Waals surface area contributed by atoms with Crippen molar-refractivity contribution < 1.29 is 9.59 Å². The van der Waals surface area contributed by atoms with Crippen molar-refractivity contribution >= 4 is 77.1 Å². The van der Waals surface area contributed by atoms with E-state index in [1.807, 2.05) is 24.3 Å². The molecule has 27 heavy (non-hydrogen) atoms. The van der Waals surface area contributed by atoms with Crippen LogP contribution in [0.1, 0.15) is 11.4 Å². The minimum absolute atomic E-state index is 0. The first kappa shape index (κ1) is 22.4. The number of nitrogens with one attached hydrogen (secondary N) is 1. The zero-order valence-electron chi connectivity index (χ0n) is 13.8. The number of hydrogen-bond donors (Lipinski definition) is 2. The van der Waals surface area contributed by atoms with Gasteiger partial charge in [-0.25, -0.2) is 9.97 Å². The van der Waals surface area contributed by atoms with Gasteiger partial charge in [-0.3, -0.25) is 9.59 Å². The number of anilines is 1. The summed E-state index contributed by atoms with van der Waals surface area (Å²) in [5.74, 6) is -1.41. The van der Waals surface area contributed by atoms with Crippen LogP contribution >= 0.6 is 36.4 Å². The fourth-order valence-electron chi connectivity index (χ4n) is 2.18. The highest BCUT2D eigenvalue weighted by atomic mass is 35.5. The molecule has 0 unspecified atom stereocenters. The van der Waals surface area contributed by atoms with Gasteiger partial charge in [0, 0.05) is 10.4 Å². The normalized spacial score (nSPS) is 10.1. The van der Waals surface area contributed by atoms with E-state index in [2.05, 4.69) is 15.3 Å². The Morgan fingerprint density at radius 3 is 2.30 bits per heavy atom. The molecule has 0 bridgehead atoms. The van der Waals surface area contributed by atoms with Crippen LogP contribution in [0.15, 0.2) is 48.5 Å². The summed E-state index contributed by atoms with van der Waals surface area (Å²) in [4.78, 5) is 31.3. The number of rotatable bonds is 3. The van der Waals surface area contributed by atoms with E-state index in [1.165, 1.54) is 0 Å². The number of aromatic nitrogens is 2. The van der Waals surface area contributed by atoms with E-state index in [-0.39, 0.29) is 30.6 Å². The predicted molar refractivity (Wildman–Crippen MR) is 112 cm³/mol. The molecule has 1 heterocycles. The lowest BCUT2D eigenvalue weighted by atomic mass is 10.2. The molecule has 140 valence electrons. The van der Waals surface area contributed by atoms with Crippen molar-refractivity contribution in [3.8, 4) is 0 Å². The minimum Gasteiger partial charge on any atom is -0.361 e. The Hall–Kier alpha value is -2.67. The summed E-state index contributed by atoms with van der Waals surface area (Å²) in [7, 11) is 0. The molecular formula is C18H15Cl3N4O2. The minimum atomic E-state index is -1.08. The number of halogens is 3. The molecule has 0 aliphatic heterocycles. The van der Waals surface area contributed by atoms with E-state index in [9.17, 15) is 9.59 Å². The SMILES string of the molecule is Cl.Cl.NC(=O)C(=O)Nc1nc(/C=C/c2ccc(Cl)cc2)nc2ccccc12. The highest BCUT2D eigenvalue weighted by Crippen LogP contribution is 2.21. The Kier molecular flexibility index (Phi) is 8.18. The zero-order chi connectivity index (χ0) is 17.8. The molecule has 1 aromatic heterocycles. The maximum absolute atomic E-state index is 11.6. The van der Waals surface area contributed by atoms with Crippen LogP contribution in [0.3, 0.4) is 0 Å². The monoisotopic (exact) mass is 424 g/mol. The van der Waals surface area contributed by atoms with Gasteiger partial charge < -0.3 is 11.1 Å². The first-order chi connectivity index (χ1) is 12.0. The molecule has 0 saturated carbocycles. The number of para-hydroxylation sites is 1. The number of nitrogens with zero attached hydrogens (tertiary/aromatic N) is 2. The van der Waals surface area contributed by atoms with E-state index in [4.69, 9.17) is 17.3 Å². The Morgan fingerprint density at radius 2 is 1.63 bits per heavy atom. The van der Waals surface area contributed by atoms with Gasteiger partial charge in [-0.15, -0.1) is 24.8 Å². The number of benzene rings is 2. The third kappa shape index (κ3) is 5.65. The molecule has 6 nitrogen and oxygen atoms in total. The van der Waals surface area contributed by atoms with Crippen LogP contribution in [-0.4, -0.2) is 21.8 Å². The van der Waals surface area contributed by atoms with Crippen molar-refractivity contribution in [3.05, 3.63) is 64.9 Å². The van der Waals surface area contributed by atoms with Gasteiger partial charge in [-0.2, -0.15) is 0 Å². The quantitative estimate of drug-likeness (QED) is 0.625. The number of amides is 2. The van der Waals surface area contributed by atoms with Gasteiger partial charge in [0.05, 0.1) is 5.52 Å². The maximum Gasteiger partial charge on any atom is 0.314 e. The Morgan fingerprint density at radius 1 is 0.963 bits per heavy atom. The first-order valence-electron chi connectivity index (χ1n) is 7.34. The largest absolute Gasteiger partial charge is 0.361 e. The van der Waals surface area contributed by atoms with Crippen LogP contribution in [0.25, 0.3) is 23.1 Å². The molecule has 3 N–H and O–H groups in total. The van der Waals surface area contributed by atoms with Gasteiger partial charge in [0.2, 0.25) is 0 Å². The van der Waals surface area contributed by atoms with E-state index < -0.39 is 11.8 Å². The van der Waals surface area contributed by atoms with Gasteiger partial charge in [0.25, 0.3) is 0 Å². The Labute approximate surface area is 172 Å². The number of nitrogens with two attached hydrogens (primary N) is 1. The third-order valence-electron chi connectivity index (χ3n) is 3.37. The molecule has 2 aromatic carbocycles. The third-order valence-corrected chi connectivity index (χ3v) is 3.62. The summed E-state index contributed by atoms with van der Waals surface area (Å²) in [5, 5.41) is 3.67. The number of carbonyl (C=O) groups is 2. The molecule has 0 spiro atoms.